The van der Waals surface area contributed by atoms with E-state index in [1.807, 2.05) is 43.5 Å². The average molecular weight is 554 g/mol. The monoisotopic (exact) mass is 553 g/mol. The Balaban J connectivity index is 1.63. The van der Waals surface area contributed by atoms with Crippen molar-refractivity contribution in [1.82, 2.24) is 14.9 Å². The molecule has 2 aromatic heterocycles. The third-order valence-corrected chi connectivity index (χ3v) is 8.06. The van der Waals surface area contributed by atoms with E-state index >= 15 is 0 Å². The molecule has 1 aliphatic rings. The highest BCUT2D eigenvalue weighted by Crippen LogP contribution is 2.44. The van der Waals surface area contributed by atoms with Crippen LogP contribution in [0.25, 0.3) is 5.69 Å². The van der Waals surface area contributed by atoms with Gasteiger partial charge in [-0.2, -0.15) is 0 Å². The summed E-state index contributed by atoms with van der Waals surface area (Å²) in [6, 6.07) is 20.4. The minimum Gasteiger partial charge on any atom is -0.375 e. The van der Waals surface area contributed by atoms with Crippen molar-refractivity contribution in [1.29, 1.82) is 0 Å². The van der Waals surface area contributed by atoms with Crippen molar-refractivity contribution in [2.45, 2.75) is 46.7 Å². The largest absolute Gasteiger partial charge is 0.375 e. The summed E-state index contributed by atoms with van der Waals surface area (Å²) in [4.78, 5) is 19.0. The van der Waals surface area contributed by atoms with Gasteiger partial charge in [-0.25, -0.2) is 0 Å². The summed E-state index contributed by atoms with van der Waals surface area (Å²) in [5, 5.41) is 7.12. The molecule has 3 heterocycles. The highest BCUT2D eigenvalue weighted by atomic mass is 32.1. The fourth-order valence-corrected chi connectivity index (χ4v) is 5.99. The molecule has 1 fully saturated rings. The van der Waals surface area contributed by atoms with Gasteiger partial charge in [0.15, 0.2) is 5.11 Å². The number of thiocarbonyl (C=S) groups is 1. The average Bonchev–Trinajstić information content (AvgIpc) is 3.42. The zero-order valence-electron chi connectivity index (χ0n) is 23.8. The van der Waals surface area contributed by atoms with Gasteiger partial charge in [-0.15, -0.1) is 0 Å². The Bertz CT molecular complexity index is 1580. The van der Waals surface area contributed by atoms with Crippen molar-refractivity contribution >= 4 is 34.6 Å². The predicted octanol–water partition coefficient (Wildman–Crippen LogP) is 6.18. The van der Waals surface area contributed by atoms with Crippen LogP contribution in [-0.2, 0) is 9.53 Å². The molecule has 0 saturated carbocycles. The summed E-state index contributed by atoms with van der Waals surface area (Å²) >= 11 is 5.97. The van der Waals surface area contributed by atoms with Crippen LogP contribution < -0.4 is 15.5 Å². The molecule has 8 heteroatoms. The number of hydrogen-bond donors (Lipinski definition) is 2. The molecule has 1 amide bonds. The Kier molecular flexibility index (Phi) is 7.74. The first kappa shape index (κ1) is 27.6. The molecular formula is C32H35N5O2S. The standard InChI is InChI=1S/C32H35N5O2S/c1-19-10-9-12-28(22(19)4)36-21(3)17-25(23(36)5)31-30(27-11-7-8-15-33-27)35-32(40)37(31)24-13-14-26(20(2)16-24)34-29(38)18-39-6/h7-17,30-31H,18H2,1-6H3,(H,34,38)(H,35,40). The maximum atomic E-state index is 12.1. The summed E-state index contributed by atoms with van der Waals surface area (Å²) in [6.45, 7) is 10.6. The first-order chi connectivity index (χ1) is 19.2. The molecule has 40 heavy (non-hydrogen) atoms. The smallest absolute Gasteiger partial charge is 0.250 e. The van der Waals surface area contributed by atoms with E-state index in [9.17, 15) is 4.79 Å². The van der Waals surface area contributed by atoms with Gasteiger partial charge < -0.3 is 24.8 Å². The van der Waals surface area contributed by atoms with Gasteiger partial charge in [0.2, 0.25) is 5.91 Å². The zero-order valence-corrected chi connectivity index (χ0v) is 24.6. The zero-order chi connectivity index (χ0) is 28.6. The quantitative estimate of drug-likeness (QED) is 0.267. The summed E-state index contributed by atoms with van der Waals surface area (Å²) in [5.74, 6) is -0.191. The van der Waals surface area contributed by atoms with Crippen LogP contribution in [0.15, 0.2) is 66.9 Å². The Morgan fingerprint density at radius 1 is 1.02 bits per heavy atom. The van der Waals surface area contributed by atoms with Crippen molar-refractivity contribution < 1.29 is 9.53 Å². The molecule has 7 nitrogen and oxygen atoms in total. The lowest BCUT2D eigenvalue weighted by atomic mass is 9.96. The number of aromatic nitrogens is 2. The molecule has 1 saturated heterocycles. The number of aryl methyl sites for hydroxylation is 3. The minimum atomic E-state index is -0.191. The van der Waals surface area contributed by atoms with E-state index in [0.717, 1.165) is 34.0 Å². The van der Waals surface area contributed by atoms with Crippen LogP contribution in [-0.4, -0.2) is 34.3 Å². The number of hydrogen-bond acceptors (Lipinski definition) is 4. The van der Waals surface area contributed by atoms with Crippen LogP contribution in [0.5, 0.6) is 0 Å². The molecule has 5 rings (SSSR count). The molecule has 2 N–H and O–H groups in total. The number of anilines is 2. The summed E-state index contributed by atoms with van der Waals surface area (Å²) in [6.07, 6.45) is 1.82. The van der Waals surface area contributed by atoms with E-state index in [1.165, 1.54) is 29.5 Å². The lowest BCUT2D eigenvalue weighted by Crippen LogP contribution is -2.29. The number of nitrogens with zero attached hydrogens (tertiary/aromatic N) is 3. The van der Waals surface area contributed by atoms with Gasteiger partial charge >= 0.3 is 0 Å². The molecule has 0 aliphatic carbocycles. The molecule has 1 aliphatic heterocycles. The number of rotatable bonds is 7. The Morgan fingerprint density at radius 3 is 2.52 bits per heavy atom. The molecule has 0 spiro atoms. The van der Waals surface area contributed by atoms with E-state index < -0.39 is 0 Å². The Morgan fingerprint density at radius 2 is 1.82 bits per heavy atom. The van der Waals surface area contributed by atoms with Gasteiger partial charge in [0, 0.05) is 41.8 Å². The number of amides is 1. The fraction of sp³-hybridized carbons (Fsp3) is 0.281. The highest BCUT2D eigenvalue weighted by Gasteiger charge is 2.42. The normalized spacial score (nSPS) is 16.8. The van der Waals surface area contributed by atoms with Crippen molar-refractivity contribution in [3.05, 3.63) is 106 Å². The topological polar surface area (TPSA) is 71.4 Å². The molecule has 206 valence electrons. The molecule has 0 bridgehead atoms. The summed E-state index contributed by atoms with van der Waals surface area (Å²) < 4.78 is 7.31. The van der Waals surface area contributed by atoms with Gasteiger partial charge in [0.05, 0.1) is 17.8 Å². The van der Waals surface area contributed by atoms with Crippen LogP contribution in [0.3, 0.4) is 0 Å². The maximum absolute atomic E-state index is 12.1. The van der Waals surface area contributed by atoms with Gasteiger partial charge in [-0.05, 0) is 112 Å². The number of benzene rings is 2. The lowest BCUT2D eigenvalue weighted by Gasteiger charge is -2.29. The molecule has 2 unspecified atom stereocenters. The second-order valence-electron chi connectivity index (χ2n) is 10.4. The van der Waals surface area contributed by atoms with Crippen molar-refractivity contribution in [3.63, 3.8) is 0 Å². The van der Waals surface area contributed by atoms with Crippen molar-refractivity contribution in [2.75, 3.05) is 23.9 Å². The number of carbonyl (C=O) groups excluding carboxylic acids is 1. The van der Waals surface area contributed by atoms with E-state index in [-0.39, 0.29) is 24.6 Å². The highest BCUT2D eigenvalue weighted by molar-refractivity contribution is 7.80. The van der Waals surface area contributed by atoms with E-state index in [4.69, 9.17) is 21.9 Å². The van der Waals surface area contributed by atoms with E-state index in [1.54, 1.807) is 0 Å². The number of nitrogens with one attached hydrogen (secondary N) is 2. The van der Waals surface area contributed by atoms with Crippen LogP contribution >= 0.6 is 12.2 Å². The number of ether oxygens (including phenoxy) is 1. The van der Waals surface area contributed by atoms with Gasteiger partial charge in [-0.1, -0.05) is 18.2 Å². The van der Waals surface area contributed by atoms with Gasteiger partial charge in [-0.3, -0.25) is 9.78 Å². The second kappa shape index (κ2) is 11.2. The van der Waals surface area contributed by atoms with E-state index in [2.05, 4.69) is 78.1 Å². The van der Waals surface area contributed by atoms with Gasteiger partial charge in [0.1, 0.15) is 6.61 Å². The van der Waals surface area contributed by atoms with Crippen LogP contribution in [0, 0.1) is 34.6 Å². The Hall–Kier alpha value is -4.01. The van der Waals surface area contributed by atoms with Crippen LogP contribution in [0.4, 0.5) is 11.4 Å². The van der Waals surface area contributed by atoms with Crippen molar-refractivity contribution in [3.8, 4) is 5.69 Å². The van der Waals surface area contributed by atoms with Gasteiger partial charge in [0.25, 0.3) is 0 Å². The second-order valence-corrected chi connectivity index (χ2v) is 10.7. The Labute approximate surface area is 241 Å². The third-order valence-electron chi connectivity index (χ3n) is 7.74. The minimum absolute atomic E-state index is 0.00514. The third kappa shape index (κ3) is 5.00. The first-order valence-electron chi connectivity index (χ1n) is 13.4. The lowest BCUT2D eigenvalue weighted by molar-refractivity contribution is -0.119. The fourth-order valence-electron chi connectivity index (χ4n) is 5.64. The van der Waals surface area contributed by atoms with Crippen LogP contribution in [0.1, 0.15) is 51.4 Å². The van der Waals surface area contributed by atoms with Crippen LogP contribution in [0.2, 0.25) is 0 Å². The summed E-state index contributed by atoms with van der Waals surface area (Å²) in [7, 11) is 1.51. The molecule has 2 aromatic carbocycles. The summed E-state index contributed by atoms with van der Waals surface area (Å²) in [5.41, 5.74) is 10.8. The van der Waals surface area contributed by atoms with Crippen molar-refractivity contribution in [2.24, 2.45) is 0 Å². The first-order valence-corrected chi connectivity index (χ1v) is 13.8. The molecular weight excluding hydrogens is 518 g/mol. The molecule has 4 aromatic rings. The number of carbonyl (C=O) groups is 1. The maximum Gasteiger partial charge on any atom is 0.250 e. The van der Waals surface area contributed by atoms with E-state index in [0.29, 0.717) is 5.11 Å². The molecule has 2 atom stereocenters. The number of methoxy groups -OCH3 is 1. The predicted molar refractivity (Wildman–Crippen MR) is 164 cm³/mol. The molecule has 0 radical (unpaired) electrons. The SMILES string of the molecule is COCC(=O)Nc1ccc(N2C(=S)NC(c3ccccn3)C2c2cc(C)n(-c3cccc(C)c3C)c2C)cc1C. The number of pyridine rings is 1.